The number of methoxy groups -OCH3 is 1. The van der Waals surface area contributed by atoms with Gasteiger partial charge in [0.1, 0.15) is 5.75 Å². The zero-order valence-corrected chi connectivity index (χ0v) is 11.6. The molecule has 108 valence electrons. The van der Waals surface area contributed by atoms with Gasteiger partial charge < -0.3 is 20.5 Å². The molecular weight excluding hydrogens is 256 g/mol. The first-order valence-electron chi connectivity index (χ1n) is 7.04. The number of hydrogen-bond acceptors (Lipinski definition) is 4. The first kappa shape index (κ1) is 13.2. The van der Waals surface area contributed by atoms with Crippen LogP contribution >= 0.6 is 0 Å². The number of carbonyl (C=O) groups excluding carboxylic acids is 1. The number of hydrogen-bond donors (Lipinski definition) is 2. The average Bonchev–Trinajstić information content (AvgIpc) is 2.70. The minimum absolute atomic E-state index is 0.0127. The molecule has 2 heterocycles. The summed E-state index contributed by atoms with van der Waals surface area (Å²) in [5.74, 6) is 0.595. The maximum Gasteiger partial charge on any atom is 0.254 e. The third-order valence-corrected chi connectivity index (χ3v) is 4.42. The highest BCUT2D eigenvalue weighted by atomic mass is 16.5. The Morgan fingerprint density at radius 3 is 2.55 bits per heavy atom. The van der Waals surface area contributed by atoms with Crippen molar-refractivity contribution in [3.63, 3.8) is 0 Å². The van der Waals surface area contributed by atoms with Crippen LogP contribution in [0.3, 0.4) is 0 Å². The molecule has 0 spiro atoms. The van der Waals surface area contributed by atoms with E-state index in [0.29, 0.717) is 29.8 Å². The van der Waals surface area contributed by atoms with Crippen molar-refractivity contribution in [2.75, 3.05) is 12.8 Å². The van der Waals surface area contributed by atoms with Gasteiger partial charge in [0.25, 0.3) is 5.91 Å². The Morgan fingerprint density at radius 1 is 1.35 bits per heavy atom. The van der Waals surface area contributed by atoms with Crippen LogP contribution < -0.4 is 10.5 Å². The molecule has 2 saturated heterocycles. The zero-order chi connectivity index (χ0) is 14.3. The van der Waals surface area contributed by atoms with Crippen LogP contribution in [0.1, 0.15) is 36.0 Å². The molecule has 2 unspecified atom stereocenters. The van der Waals surface area contributed by atoms with Crippen LogP contribution in [0.25, 0.3) is 0 Å². The molecule has 5 heteroatoms. The van der Waals surface area contributed by atoms with Crippen LogP contribution in [0, 0.1) is 0 Å². The highest BCUT2D eigenvalue weighted by Gasteiger charge is 2.42. The Kier molecular flexibility index (Phi) is 3.30. The molecule has 1 aromatic carbocycles. The van der Waals surface area contributed by atoms with E-state index in [1.54, 1.807) is 25.3 Å². The summed E-state index contributed by atoms with van der Waals surface area (Å²) >= 11 is 0. The second-order valence-electron chi connectivity index (χ2n) is 5.68. The Bertz CT molecular complexity index is 518. The Balaban J connectivity index is 1.84. The summed E-state index contributed by atoms with van der Waals surface area (Å²) in [6.07, 6.45) is 3.08. The molecule has 2 aliphatic rings. The van der Waals surface area contributed by atoms with E-state index in [-0.39, 0.29) is 24.1 Å². The van der Waals surface area contributed by atoms with Crippen LogP contribution in [-0.2, 0) is 0 Å². The number of aliphatic hydroxyl groups excluding tert-OH is 1. The lowest BCUT2D eigenvalue weighted by molar-refractivity contribution is 0.0287. The average molecular weight is 276 g/mol. The Morgan fingerprint density at radius 2 is 2.00 bits per heavy atom. The molecule has 3 rings (SSSR count). The summed E-state index contributed by atoms with van der Waals surface area (Å²) < 4.78 is 5.11. The van der Waals surface area contributed by atoms with E-state index in [0.717, 1.165) is 12.8 Å². The van der Waals surface area contributed by atoms with Crippen LogP contribution in [0.2, 0.25) is 0 Å². The number of carbonyl (C=O) groups is 1. The number of benzene rings is 1. The van der Waals surface area contributed by atoms with Crippen molar-refractivity contribution in [2.24, 2.45) is 0 Å². The van der Waals surface area contributed by atoms with E-state index in [1.165, 1.54) is 0 Å². The van der Waals surface area contributed by atoms with Crippen molar-refractivity contribution in [1.29, 1.82) is 0 Å². The molecule has 0 aromatic heterocycles. The fraction of sp³-hybridized carbons (Fsp3) is 0.533. The summed E-state index contributed by atoms with van der Waals surface area (Å²) in [4.78, 5) is 14.6. The van der Waals surface area contributed by atoms with Gasteiger partial charge in [-0.3, -0.25) is 4.79 Å². The van der Waals surface area contributed by atoms with Gasteiger partial charge in [0.15, 0.2) is 0 Å². The molecule has 0 saturated carbocycles. The number of piperidine rings is 1. The summed E-state index contributed by atoms with van der Waals surface area (Å²) in [7, 11) is 1.56. The molecule has 1 amide bonds. The molecule has 2 atom stereocenters. The first-order chi connectivity index (χ1) is 9.60. The summed E-state index contributed by atoms with van der Waals surface area (Å²) in [6, 6.07) is 5.48. The highest BCUT2D eigenvalue weighted by Crippen LogP contribution is 2.37. The number of anilines is 1. The number of ether oxygens (including phenoxy) is 1. The van der Waals surface area contributed by atoms with E-state index in [4.69, 9.17) is 10.5 Å². The predicted octanol–water partition coefficient (Wildman–Crippen LogP) is 1.41. The van der Waals surface area contributed by atoms with Gasteiger partial charge in [-0.15, -0.1) is 0 Å². The zero-order valence-electron chi connectivity index (χ0n) is 11.6. The molecule has 0 aliphatic carbocycles. The number of aliphatic hydroxyl groups is 1. The maximum atomic E-state index is 12.7. The Labute approximate surface area is 118 Å². The number of amides is 1. The van der Waals surface area contributed by atoms with Crippen LogP contribution in [-0.4, -0.2) is 41.2 Å². The van der Waals surface area contributed by atoms with Crippen LogP contribution in [0.15, 0.2) is 18.2 Å². The smallest absolute Gasteiger partial charge is 0.254 e. The van der Waals surface area contributed by atoms with Crippen molar-refractivity contribution in [3.8, 4) is 5.75 Å². The second kappa shape index (κ2) is 4.98. The summed E-state index contributed by atoms with van der Waals surface area (Å²) in [5, 5.41) is 9.80. The summed E-state index contributed by atoms with van der Waals surface area (Å²) in [5.41, 5.74) is 6.94. The van der Waals surface area contributed by atoms with Gasteiger partial charge in [0, 0.05) is 17.6 Å². The molecule has 20 heavy (non-hydrogen) atoms. The van der Waals surface area contributed by atoms with E-state index >= 15 is 0 Å². The van der Waals surface area contributed by atoms with E-state index in [2.05, 4.69) is 0 Å². The topological polar surface area (TPSA) is 75.8 Å². The number of nitrogens with zero attached hydrogens (tertiary/aromatic N) is 1. The third-order valence-electron chi connectivity index (χ3n) is 4.42. The number of fused-ring (bicyclic) bond motifs is 2. The minimum atomic E-state index is -0.266. The molecule has 5 nitrogen and oxygen atoms in total. The standard InChI is InChI=1S/C15H20N2O3/c1-20-14-5-2-9(6-13(14)16)15(19)17-10-3-4-11(17)8-12(18)7-10/h2,5-6,10-12,18H,3-4,7-8,16H2,1H3. The van der Waals surface area contributed by atoms with Gasteiger partial charge in [-0.05, 0) is 43.9 Å². The van der Waals surface area contributed by atoms with Crippen LogP contribution in [0.4, 0.5) is 5.69 Å². The lowest BCUT2D eigenvalue weighted by Crippen LogP contribution is -2.48. The third kappa shape index (κ3) is 2.12. The van der Waals surface area contributed by atoms with E-state index in [9.17, 15) is 9.90 Å². The number of rotatable bonds is 2. The van der Waals surface area contributed by atoms with Crippen molar-refractivity contribution in [2.45, 2.75) is 43.9 Å². The van der Waals surface area contributed by atoms with Gasteiger partial charge in [0.2, 0.25) is 0 Å². The van der Waals surface area contributed by atoms with Crippen molar-refractivity contribution < 1.29 is 14.6 Å². The highest BCUT2D eigenvalue weighted by molar-refractivity contribution is 5.96. The van der Waals surface area contributed by atoms with Gasteiger partial charge in [-0.2, -0.15) is 0 Å². The maximum absolute atomic E-state index is 12.7. The lowest BCUT2D eigenvalue weighted by Gasteiger charge is -2.37. The molecule has 3 N–H and O–H groups in total. The van der Waals surface area contributed by atoms with Gasteiger partial charge in [-0.25, -0.2) is 0 Å². The molecule has 1 aromatic rings. The molecular formula is C15H20N2O3. The molecule has 0 radical (unpaired) electrons. The SMILES string of the molecule is COc1ccc(C(=O)N2C3CCC2CC(O)C3)cc1N. The lowest BCUT2D eigenvalue weighted by atomic mass is 9.98. The fourth-order valence-corrected chi connectivity index (χ4v) is 3.50. The quantitative estimate of drug-likeness (QED) is 0.801. The number of nitrogens with two attached hydrogens (primary N) is 1. The monoisotopic (exact) mass is 276 g/mol. The van der Waals surface area contributed by atoms with Gasteiger partial charge in [-0.1, -0.05) is 0 Å². The van der Waals surface area contributed by atoms with Crippen LogP contribution in [0.5, 0.6) is 5.75 Å². The fourth-order valence-electron chi connectivity index (χ4n) is 3.50. The van der Waals surface area contributed by atoms with Gasteiger partial charge >= 0.3 is 0 Å². The van der Waals surface area contributed by atoms with Gasteiger partial charge in [0.05, 0.1) is 18.9 Å². The van der Waals surface area contributed by atoms with E-state index in [1.807, 2.05) is 4.90 Å². The first-order valence-corrected chi connectivity index (χ1v) is 7.04. The predicted molar refractivity (Wildman–Crippen MR) is 75.6 cm³/mol. The minimum Gasteiger partial charge on any atom is -0.495 e. The second-order valence-corrected chi connectivity index (χ2v) is 5.68. The molecule has 2 bridgehead atoms. The van der Waals surface area contributed by atoms with E-state index < -0.39 is 0 Å². The number of nitrogen functional groups attached to an aromatic ring is 1. The normalized spacial score (nSPS) is 28.5. The molecule has 2 aliphatic heterocycles. The summed E-state index contributed by atoms with van der Waals surface area (Å²) in [6.45, 7) is 0. The van der Waals surface area contributed by atoms with Crippen molar-refractivity contribution in [3.05, 3.63) is 23.8 Å². The van der Waals surface area contributed by atoms with Crippen molar-refractivity contribution in [1.82, 2.24) is 4.90 Å². The largest absolute Gasteiger partial charge is 0.495 e. The Hall–Kier alpha value is -1.75. The molecule has 2 fully saturated rings. The van der Waals surface area contributed by atoms with Crippen molar-refractivity contribution >= 4 is 11.6 Å².